The van der Waals surface area contributed by atoms with Crippen molar-refractivity contribution in [2.45, 2.75) is 32.1 Å². The molecule has 188 valence electrons. The molecule has 4 aromatic rings. The molecule has 0 amide bonds. The number of fused-ring (bicyclic) bond motifs is 5. The topological polar surface area (TPSA) is 129 Å². The average Bonchev–Trinajstić information content (AvgIpc) is 3.30. The Morgan fingerprint density at radius 1 is 1.13 bits per heavy atom. The summed E-state index contributed by atoms with van der Waals surface area (Å²) in [6, 6.07) is 14.7. The number of pyridine rings is 2. The van der Waals surface area contributed by atoms with E-state index < -0.39 is 11.6 Å². The monoisotopic (exact) mass is 508 g/mol. The Kier molecular flexibility index (Phi) is 5.27. The fourth-order valence-corrected chi connectivity index (χ4v) is 5.29. The lowest BCUT2D eigenvalue weighted by atomic mass is 9.84. The maximum absolute atomic E-state index is 13.7. The average molecular weight is 508 g/mol. The molecule has 0 saturated carbocycles. The Labute approximate surface area is 215 Å². The van der Waals surface area contributed by atoms with Crippen LogP contribution in [0.3, 0.4) is 0 Å². The van der Waals surface area contributed by atoms with Gasteiger partial charge < -0.3 is 14.0 Å². The van der Waals surface area contributed by atoms with Gasteiger partial charge in [0.1, 0.15) is 23.7 Å². The lowest BCUT2D eigenvalue weighted by Gasteiger charge is -2.39. The van der Waals surface area contributed by atoms with Gasteiger partial charge in [-0.3, -0.25) is 4.79 Å². The van der Waals surface area contributed by atoms with E-state index in [0.29, 0.717) is 33.4 Å². The number of hydrogen-bond acceptors (Lipinski definition) is 9. The van der Waals surface area contributed by atoms with Crippen molar-refractivity contribution in [1.82, 2.24) is 9.55 Å². The number of nitrogens with zero attached hydrogens (tertiary/aromatic N) is 4. The van der Waals surface area contributed by atoms with Crippen LogP contribution >= 0.6 is 0 Å². The Morgan fingerprint density at radius 3 is 2.66 bits per heavy atom. The van der Waals surface area contributed by atoms with Gasteiger partial charge in [-0.1, -0.05) is 31.7 Å². The van der Waals surface area contributed by atoms with Crippen molar-refractivity contribution >= 4 is 28.2 Å². The normalized spacial score (nSPS) is 17.2. The molecule has 2 aliphatic rings. The Morgan fingerprint density at radius 2 is 1.89 bits per heavy atom. The van der Waals surface area contributed by atoms with Gasteiger partial charge in [-0.15, -0.1) is 9.81 Å². The zero-order chi connectivity index (χ0) is 26.6. The zero-order valence-electron chi connectivity index (χ0n) is 20.3. The highest BCUT2D eigenvalue weighted by Gasteiger charge is 2.46. The van der Waals surface area contributed by atoms with Gasteiger partial charge in [-0.2, -0.15) is 0 Å². The molecule has 2 aliphatic heterocycles. The van der Waals surface area contributed by atoms with Crippen LogP contribution in [0.15, 0.2) is 82.1 Å². The molecule has 4 heterocycles. The van der Waals surface area contributed by atoms with Crippen molar-refractivity contribution in [1.29, 1.82) is 0 Å². The number of carbonyl (C=O) groups is 1. The predicted octanol–water partition coefficient (Wildman–Crippen LogP) is 5.73. The van der Waals surface area contributed by atoms with Crippen molar-refractivity contribution in [3.8, 4) is 11.4 Å². The van der Waals surface area contributed by atoms with Crippen LogP contribution in [0.4, 0.5) is 11.4 Å². The first-order valence-electron chi connectivity index (χ1n) is 11.9. The number of rotatable bonds is 5. The Balaban J connectivity index is 1.53. The number of carbonyl (C=O) groups excluding carboxylic acids is 1. The van der Waals surface area contributed by atoms with Gasteiger partial charge in [-0.05, 0) is 53.2 Å². The third-order valence-electron chi connectivity index (χ3n) is 7.25. The van der Waals surface area contributed by atoms with Crippen molar-refractivity contribution in [2.75, 3.05) is 0 Å². The summed E-state index contributed by atoms with van der Waals surface area (Å²) in [6.07, 6.45) is 0.219. The van der Waals surface area contributed by atoms with Crippen molar-refractivity contribution in [3.05, 3.63) is 109 Å². The molecule has 0 spiro atoms. The Hall–Kier alpha value is -4.99. The lowest BCUT2D eigenvalue weighted by Crippen LogP contribution is -2.42. The summed E-state index contributed by atoms with van der Waals surface area (Å²) in [4.78, 5) is 54.4. The highest BCUT2D eigenvalue weighted by molar-refractivity contribution is 5.95. The number of aromatic nitrogens is 2. The first-order chi connectivity index (χ1) is 18.4. The quantitative estimate of drug-likeness (QED) is 0.219. The van der Waals surface area contributed by atoms with Crippen molar-refractivity contribution < 1.29 is 14.3 Å². The highest BCUT2D eigenvalue weighted by Crippen LogP contribution is 2.45. The fourth-order valence-electron chi connectivity index (χ4n) is 5.29. The molecular weight excluding hydrogens is 488 g/mol. The van der Waals surface area contributed by atoms with Crippen LogP contribution in [-0.4, -0.2) is 15.5 Å². The Bertz CT molecular complexity index is 1780. The first-order valence-corrected chi connectivity index (χ1v) is 11.9. The smallest absolute Gasteiger partial charge is 0.341 e. The van der Waals surface area contributed by atoms with Crippen LogP contribution in [0.1, 0.15) is 40.4 Å². The minimum Gasteiger partial charge on any atom is -0.489 e. The molecular formula is C28H20N4O6. The van der Waals surface area contributed by atoms with Gasteiger partial charge in [0.2, 0.25) is 0 Å². The maximum Gasteiger partial charge on any atom is 0.341 e. The summed E-state index contributed by atoms with van der Waals surface area (Å²) in [7, 11) is 0. The lowest BCUT2D eigenvalue weighted by molar-refractivity contribution is -0.0472. The minimum absolute atomic E-state index is 0.00814. The molecule has 0 saturated heterocycles. The van der Waals surface area contributed by atoms with E-state index in [4.69, 9.17) is 14.5 Å². The standard InChI is InChI=1S/C28H20N4O6/c1-3-28(38-27(34)17-7-4-5-8-22(17)30-35)15(2)37-14-19-20(28)12-24-25-16(13-32(24)26(19)33)11-18-21(29-25)9-6-10-23(18)31-36/h4-12H,2-3,13-14H2,1H3/t28-/m1/s1. The summed E-state index contributed by atoms with van der Waals surface area (Å²) >= 11 is 0. The van der Waals surface area contributed by atoms with E-state index in [1.165, 1.54) is 12.1 Å². The summed E-state index contributed by atoms with van der Waals surface area (Å²) in [5, 5.41) is 6.63. The van der Waals surface area contributed by atoms with Crippen LogP contribution in [0.2, 0.25) is 0 Å². The second kappa shape index (κ2) is 8.55. The van der Waals surface area contributed by atoms with Crippen LogP contribution in [0, 0.1) is 9.81 Å². The fraction of sp³-hybridized carbons (Fsp3) is 0.179. The minimum atomic E-state index is -1.48. The van der Waals surface area contributed by atoms with Crippen LogP contribution in [-0.2, 0) is 28.2 Å². The summed E-state index contributed by atoms with van der Waals surface area (Å²) in [6.45, 7) is 6.01. The van der Waals surface area contributed by atoms with E-state index in [9.17, 15) is 19.4 Å². The van der Waals surface area contributed by atoms with Gasteiger partial charge in [0.25, 0.3) is 5.56 Å². The van der Waals surface area contributed by atoms with E-state index in [0.717, 1.165) is 5.56 Å². The number of esters is 1. The molecule has 1 atom stereocenters. The maximum atomic E-state index is 13.7. The third-order valence-corrected chi connectivity index (χ3v) is 7.25. The van der Waals surface area contributed by atoms with Gasteiger partial charge >= 0.3 is 5.97 Å². The molecule has 0 N–H and O–H groups in total. The molecule has 6 rings (SSSR count). The van der Waals surface area contributed by atoms with E-state index in [1.807, 2.05) is 6.07 Å². The van der Waals surface area contributed by atoms with E-state index in [2.05, 4.69) is 16.9 Å². The molecule has 38 heavy (non-hydrogen) atoms. The molecule has 10 heteroatoms. The van der Waals surface area contributed by atoms with E-state index in [1.54, 1.807) is 47.9 Å². The number of nitroso groups, excluding NO2 is 2. The molecule has 0 aliphatic carbocycles. The molecule has 0 bridgehead atoms. The molecule has 2 aromatic heterocycles. The summed E-state index contributed by atoms with van der Waals surface area (Å²) < 4.78 is 13.4. The van der Waals surface area contributed by atoms with Crippen LogP contribution in [0.5, 0.6) is 0 Å². The second-order valence-electron chi connectivity index (χ2n) is 9.13. The van der Waals surface area contributed by atoms with Crippen LogP contribution in [0.25, 0.3) is 22.3 Å². The molecule has 2 aromatic carbocycles. The van der Waals surface area contributed by atoms with Gasteiger partial charge in [-0.25, -0.2) is 9.78 Å². The molecule has 0 radical (unpaired) electrons. The van der Waals surface area contributed by atoms with Gasteiger partial charge in [0, 0.05) is 16.5 Å². The highest BCUT2D eigenvalue weighted by atomic mass is 16.6. The summed E-state index contributed by atoms with van der Waals surface area (Å²) in [5.41, 5.74) is 1.68. The van der Waals surface area contributed by atoms with Gasteiger partial charge in [0.15, 0.2) is 5.60 Å². The zero-order valence-corrected chi connectivity index (χ0v) is 20.3. The predicted molar refractivity (Wildman–Crippen MR) is 139 cm³/mol. The molecule has 0 fully saturated rings. The molecule has 10 nitrogen and oxygen atoms in total. The number of benzene rings is 2. The second-order valence-corrected chi connectivity index (χ2v) is 9.13. The number of ether oxygens (including phenoxy) is 2. The van der Waals surface area contributed by atoms with E-state index >= 15 is 0 Å². The van der Waals surface area contributed by atoms with Crippen LogP contribution < -0.4 is 5.56 Å². The van der Waals surface area contributed by atoms with Crippen molar-refractivity contribution in [2.24, 2.45) is 10.4 Å². The number of hydrogen-bond donors (Lipinski definition) is 0. The molecule has 0 unspecified atom stereocenters. The first kappa shape index (κ1) is 23.4. The third kappa shape index (κ3) is 3.23. The largest absolute Gasteiger partial charge is 0.489 e. The summed E-state index contributed by atoms with van der Waals surface area (Å²) in [5.74, 6) is -0.619. The van der Waals surface area contributed by atoms with E-state index in [-0.39, 0.29) is 47.8 Å². The SMILES string of the molecule is C=C1OCc2c(cc3n(c2=O)Cc2cc4c(N=O)cccc4nc2-3)[C@]1(CC)OC(=O)c1ccccc1N=O. The van der Waals surface area contributed by atoms with Gasteiger partial charge in [0.05, 0.1) is 34.6 Å². The van der Waals surface area contributed by atoms with Crippen molar-refractivity contribution in [3.63, 3.8) is 0 Å².